The van der Waals surface area contributed by atoms with Gasteiger partial charge in [0.25, 0.3) is 0 Å². The van der Waals surface area contributed by atoms with E-state index in [1.54, 1.807) is 6.20 Å². The van der Waals surface area contributed by atoms with Gasteiger partial charge in [0, 0.05) is 45.1 Å². The third kappa shape index (κ3) is 3.76. The molecule has 1 amide bonds. The van der Waals surface area contributed by atoms with E-state index < -0.39 is 0 Å². The van der Waals surface area contributed by atoms with Crippen LogP contribution in [0.25, 0.3) is 0 Å². The van der Waals surface area contributed by atoms with E-state index in [9.17, 15) is 4.79 Å². The Kier molecular flexibility index (Phi) is 4.63. The largest absolute Gasteiger partial charge is 0.296 e. The van der Waals surface area contributed by atoms with E-state index in [-0.39, 0.29) is 5.91 Å². The van der Waals surface area contributed by atoms with Crippen LogP contribution in [0, 0.1) is 0 Å². The quantitative estimate of drug-likeness (QED) is 0.415. The van der Waals surface area contributed by atoms with Gasteiger partial charge in [0.15, 0.2) is 0 Å². The van der Waals surface area contributed by atoms with Crippen LogP contribution in [0.15, 0.2) is 24.5 Å². The van der Waals surface area contributed by atoms with Crippen molar-refractivity contribution in [1.82, 2.24) is 20.2 Å². The molecule has 0 aromatic carbocycles. The molecule has 1 saturated heterocycles. The molecule has 2 rings (SSSR count). The van der Waals surface area contributed by atoms with Gasteiger partial charge in [0.05, 0.1) is 6.54 Å². The topological polar surface area (TPSA) is 74.5 Å². The highest BCUT2D eigenvalue weighted by molar-refractivity contribution is 5.77. The molecular weight excluding hydrogens is 230 g/mol. The number of carbonyl (C=O) groups excluding carboxylic acids is 1. The molecule has 1 aliphatic heterocycles. The standard InChI is InChI=1S/C12H19N5O/c13-15-12(18)10-17-6-4-16(5-7-17)9-11-2-1-3-14-8-11/h1-3,8H,4-7,9-10,13H2,(H,15,18). The molecule has 1 aromatic rings. The van der Waals surface area contributed by atoms with E-state index in [4.69, 9.17) is 5.84 Å². The van der Waals surface area contributed by atoms with Gasteiger partial charge in [-0.05, 0) is 11.6 Å². The number of carbonyl (C=O) groups is 1. The van der Waals surface area contributed by atoms with E-state index in [0.29, 0.717) is 6.54 Å². The summed E-state index contributed by atoms with van der Waals surface area (Å²) in [7, 11) is 0. The highest BCUT2D eigenvalue weighted by atomic mass is 16.2. The van der Waals surface area contributed by atoms with E-state index in [1.165, 1.54) is 5.56 Å². The molecule has 98 valence electrons. The van der Waals surface area contributed by atoms with Gasteiger partial charge in [0.2, 0.25) is 5.91 Å². The maximum Gasteiger partial charge on any atom is 0.248 e. The van der Waals surface area contributed by atoms with E-state index >= 15 is 0 Å². The fraction of sp³-hybridized carbons (Fsp3) is 0.500. The summed E-state index contributed by atoms with van der Waals surface area (Å²) >= 11 is 0. The number of pyridine rings is 1. The van der Waals surface area contributed by atoms with Crippen molar-refractivity contribution in [3.63, 3.8) is 0 Å². The molecule has 18 heavy (non-hydrogen) atoms. The van der Waals surface area contributed by atoms with Gasteiger partial charge in [-0.2, -0.15) is 0 Å². The summed E-state index contributed by atoms with van der Waals surface area (Å²) in [5.74, 6) is 4.95. The van der Waals surface area contributed by atoms with Crippen LogP contribution >= 0.6 is 0 Å². The second-order valence-corrected chi connectivity index (χ2v) is 4.48. The predicted octanol–water partition coefficient (Wildman–Crippen LogP) is -0.811. The van der Waals surface area contributed by atoms with Crippen molar-refractivity contribution in [3.05, 3.63) is 30.1 Å². The van der Waals surface area contributed by atoms with Crippen molar-refractivity contribution < 1.29 is 4.79 Å². The summed E-state index contributed by atoms with van der Waals surface area (Å²) in [6.07, 6.45) is 3.68. The Morgan fingerprint density at radius 3 is 2.67 bits per heavy atom. The molecule has 1 aliphatic rings. The van der Waals surface area contributed by atoms with Crippen LogP contribution in [-0.4, -0.2) is 53.4 Å². The lowest BCUT2D eigenvalue weighted by Crippen LogP contribution is -2.49. The molecule has 6 nitrogen and oxygen atoms in total. The minimum Gasteiger partial charge on any atom is -0.296 e. The minimum atomic E-state index is -0.129. The molecule has 0 bridgehead atoms. The number of nitrogens with two attached hydrogens (primary N) is 1. The first-order valence-corrected chi connectivity index (χ1v) is 6.11. The minimum absolute atomic E-state index is 0.129. The number of hydrogen-bond donors (Lipinski definition) is 2. The van der Waals surface area contributed by atoms with Crippen molar-refractivity contribution in [1.29, 1.82) is 0 Å². The fourth-order valence-electron chi connectivity index (χ4n) is 2.10. The van der Waals surface area contributed by atoms with E-state index in [2.05, 4.69) is 26.3 Å². The monoisotopic (exact) mass is 249 g/mol. The van der Waals surface area contributed by atoms with Crippen LogP contribution in [0.1, 0.15) is 5.56 Å². The summed E-state index contributed by atoms with van der Waals surface area (Å²) in [5.41, 5.74) is 3.39. The van der Waals surface area contributed by atoms with Crippen LogP contribution < -0.4 is 11.3 Å². The molecular formula is C12H19N5O. The first kappa shape index (κ1) is 12.9. The third-order valence-electron chi connectivity index (χ3n) is 3.12. The molecule has 0 radical (unpaired) electrons. The first-order valence-electron chi connectivity index (χ1n) is 6.11. The van der Waals surface area contributed by atoms with Gasteiger partial charge in [-0.15, -0.1) is 0 Å². The Hall–Kier alpha value is -1.50. The molecule has 0 aliphatic carbocycles. The van der Waals surface area contributed by atoms with E-state index in [0.717, 1.165) is 32.7 Å². The van der Waals surface area contributed by atoms with Gasteiger partial charge in [-0.1, -0.05) is 6.07 Å². The average molecular weight is 249 g/mol. The Morgan fingerprint density at radius 2 is 2.06 bits per heavy atom. The molecule has 0 spiro atoms. The Morgan fingerprint density at radius 1 is 1.33 bits per heavy atom. The predicted molar refractivity (Wildman–Crippen MR) is 68.3 cm³/mol. The fourth-order valence-corrected chi connectivity index (χ4v) is 2.10. The normalized spacial score (nSPS) is 17.6. The van der Waals surface area contributed by atoms with Crippen molar-refractivity contribution in [3.8, 4) is 0 Å². The molecule has 3 N–H and O–H groups in total. The summed E-state index contributed by atoms with van der Waals surface area (Å²) < 4.78 is 0. The molecule has 2 heterocycles. The summed E-state index contributed by atoms with van der Waals surface area (Å²) in [6, 6.07) is 4.04. The molecule has 1 aromatic heterocycles. The van der Waals surface area contributed by atoms with Gasteiger partial charge in [0.1, 0.15) is 0 Å². The molecule has 0 saturated carbocycles. The van der Waals surface area contributed by atoms with Crippen LogP contribution in [-0.2, 0) is 11.3 Å². The van der Waals surface area contributed by atoms with Crippen LogP contribution in [0.4, 0.5) is 0 Å². The number of hydrogen-bond acceptors (Lipinski definition) is 5. The molecule has 0 atom stereocenters. The van der Waals surface area contributed by atoms with Gasteiger partial charge < -0.3 is 0 Å². The zero-order valence-corrected chi connectivity index (χ0v) is 10.4. The Balaban J connectivity index is 1.75. The van der Waals surface area contributed by atoms with Crippen molar-refractivity contribution in [2.75, 3.05) is 32.7 Å². The second kappa shape index (κ2) is 6.44. The SMILES string of the molecule is NNC(=O)CN1CCN(Cc2cccnc2)CC1. The number of amides is 1. The van der Waals surface area contributed by atoms with Crippen LogP contribution in [0.5, 0.6) is 0 Å². The highest BCUT2D eigenvalue weighted by Crippen LogP contribution is 2.07. The lowest BCUT2D eigenvalue weighted by Gasteiger charge is -2.34. The Bertz CT molecular complexity index is 375. The summed E-state index contributed by atoms with van der Waals surface area (Å²) in [5, 5.41) is 0. The number of nitrogens with one attached hydrogen (secondary N) is 1. The van der Waals surface area contributed by atoms with Crippen molar-refractivity contribution in [2.45, 2.75) is 6.54 Å². The van der Waals surface area contributed by atoms with E-state index in [1.807, 2.05) is 12.3 Å². The summed E-state index contributed by atoms with van der Waals surface area (Å²) in [6.45, 7) is 5.03. The zero-order chi connectivity index (χ0) is 12.8. The number of rotatable bonds is 4. The van der Waals surface area contributed by atoms with Crippen molar-refractivity contribution in [2.24, 2.45) is 5.84 Å². The lowest BCUT2D eigenvalue weighted by molar-refractivity contribution is -0.122. The second-order valence-electron chi connectivity index (χ2n) is 4.48. The first-order chi connectivity index (χ1) is 8.78. The highest BCUT2D eigenvalue weighted by Gasteiger charge is 2.18. The van der Waals surface area contributed by atoms with Gasteiger partial charge >= 0.3 is 0 Å². The molecule has 6 heteroatoms. The maximum atomic E-state index is 11.2. The third-order valence-corrected chi connectivity index (χ3v) is 3.12. The number of hydrazine groups is 1. The molecule has 1 fully saturated rings. The summed E-state index contributed by atoms with van der Waals surface area (Å²) in [4.78, 5) is 19.7. The van der Waals surface area contributed by atoms with Crippen LogP contribution in [0.3, 0.4) is 0 Å². The Labute approximate surface area is 107 Å². The number of piperazine rings is 1. The number of nitrogens with zero attached hydrogens (tertiary/aromatic N) is 3. The van der Waals surface area contributed by atoms with Gasteiger partial charge in [-0.25, -0.2) is 5.84 Å². The van der Waals surface area contributed by atoms with Gasteiger partial charge in [-0.3, -0.25) is 25.0 Å². The van der Waals surface area contributed by atoms with Crippen LogP contribution in [0.2, 0.25) is 0 Å². The smallest absolute Gasteiger partial charge is 0.248 e. The zero-order valence-electron chi connectivity index (χ0n) is 10.4. The maximum absolute atomic E-state index is 11.2. The lowest BCUT2D eigenvalue weighted by atomic mass is 10.2. The van der Waals surface area contributed by atoms with Crippen molar-refractivity contribution >= 4 is 5.91 Å². The average Bonchev–Trinajstić information content (AvgIpc) is 2.42. The molecule has 0 unspecified atom stereocenters. The number of aromatic nitrogens is 1.